The molecule has 0 aliphatic carbocycles. The number of rotatable bonds is 2. The first-order valence-electron chi connectivity index (χ1n) is 8.55. The molecular formula is C23H13Br2NO. The second-order valence-corrected chi connectivity index (χ2v) is 8.23. The highest BCUT2D eigenvalue weighted by Crippen LogP contribution is 2.43. The minimum absolute atomic E-state index is 0.106. The second-order valence-electron chi connectivity index (χ2n) is 6.52. The SMILES string of the molecule is O=C(Nc1cc2ccc(Br)c3ccc4c(Br)ccc1c4c23)c1ccccc1. The molecule has 0 saturated carbocycles. The Labute approximate surface area is 172 Å². The molecule has 0 spiro atoms. The number of nitrogens with one attached hydrogen (secondary N) is 1. The molecule has 0 aromatic heterocycles. The number of carbonyl (C=O) groups excluding carboxylic acids is 1. The molecule has 2 nitrogen and oxygen atoms in total. The van der Waals surface area contributed by atoms with Crippen LogP contribution in [0.2, 0.25) is 0 Å². The van der Waals surface area contributed by atoms with Gasteiger partial charge in [-0.25, -0.2) is 0 Å². The monoisotopic (exact) mass is 477 g/mol. The molecular weight excluding hydrogens is 466 g/mol. The highest BCUT2D eigenvalue weighted by Gasteiger charge is 2.16. The smallest absolute Gasteiger partial charge is 0.255 e. The summed E-state index contributed by atoms with van der Waals surface area (Å²) in [5.41, 5.74) is 1.47. The van der Waals surface area contributed by atoms with E-state index in [-0.39, 0.29) is 5.91 Å². The molecule has 4 heteroatoms. The van der Waals surface area contributed by atoms with E-state index in [2.05, 4.69) is 73.6 Å². The van der Waals surface area contributed by atoms with Crippen LogP contribution in [0.3, 0.4) is 0 Å². The molecule has 5 aromatic carbocycles. The van der Waals surface area contributed by atoms with Crippen molar-refractivity contribution in [2.24, 2.45) is 0 Å². The van der Waals surface area contributed by atoms with Crippen LogP contribution < -0.4 is 5.32 Å². The third-order valence-electron chi connectivity index (χ3n) is 4.96. The number of amides is 1. The van der Waals surface area contributed by atoms with Crippen molar-refractivity contribution in [1.82, 2.24) is 0 Å². The zero-order valence-corrected chi connectivity index (χ0v) is 17.3. The average Bonchev–Trinajstić information content (AvgIpc) is 2.70. The van der Waals surface area contributed by atoms with Crippen LogP contribution in [0, 0.1) is 0 Å². The van der Waals surface area contributed by atoms with Gasteiger partial charge in [0.05, 0.1) is 0 Å². The lowest BCUT2D eigenvalue weighted by atomic mass is 9.93. The van der Waals surface area contributed by atoms with Crippen LogP contribution >= 0.6 is 31.9 Å². The van der Waals surface area contributed by atoms with Crippen molar-refractivity contribution in [2.75, 3.05) is 5.32 Å². The molecule has 0 fully saturated rings. The van der Waals surface area contributed by atoms with Crippen molar-refractivity contribution >= 4 is 75.8 Å². The molecule has 1 amide bonds. The van der Waals surface area contributed by atoms with Gasteiger partial charge < -0.3 is 5.32 Å². The molecule has 0 aliphatic heterocycles. The third-order valence-corrected chi connectivity index (χ3v) is 6.34. The number of carbonyl (C=O) groups is 1. The lowest BCUT2D eigenvalue weighted by Crippen LogP contribution is -2.12. The van der Waals surface area contributed by atoms with Crippen LogP contribution in [0.1, 0.15) is 10.4 Å². The minimum Gasteiger partial charge on any atom is -0.321 e. The van der Waals surface area contributed by atoms with Gasteiger partial charge in [0.1, 0.15) is 0 Å². The van der Waals surface area contributed by atoms with Crippen molar-refractivity contribution in [3.8, 4) is 0 Å². The maximum atomic E-state index is 12.7. The van der Waals surface area contributed by atoms with E-state index in [0.717, 1.165) is 36.2 Å². The van der Waals surface area contributed by atoms with Crippen LogP contribution in [0.25, 0.3) is 32.3 Å². The zero-order valence-electron chi connectivity index (χ0n) is 14.1. The first-order valence-corrected chi connectivity index (χ1v) is 10.1. The molecule has 0 bridgehead atoms. The molecule has 130 valence electrons. The fourth-order valence-electron chi connectivity index (χ4n) is 3.71. The largest absolute Gasteiger partial charge is 0.321 e. The Kier molecular flexibility index (Phi) is 3.92. The van der Waals surface area contributed by atoms with Crippen LogP contribution in [0.15, 0.2) is 81.7 Å². The average molecular weight is 479 g/mol. The van der Waals surface area contributed by atoms with E-state index in [0.29, 0.717) is 5.56 Å². The highest BCUT2D eigenvalue weighted by molar-refractivity contribution is 9.11. The fourth-order valence-corrected chi connectivity index (χ4v) is 4.64. The van der Waals surface area contributed by atoms with E-state index in [1.165, 1.54) is 10.8 Å². The summed E-state index contributed by atoms with van der Waals surface area (Å²) in [6.07, 6.45) is 0. The van der Waals surface area contributed by atoms with Crippen molar-refractivity contribution in [3.63, 3.8) is 0 Å². The summed E-state index contributed by atoms with van der Waals surface area (Å²) in [7, 11) is 0. The van der Waals surface area contributed by atoms with Crippen LogP contribution in [0.5, 0.6) is 0 Å². The van der Waals surface area contributed by atoms with Crippen molar-refractivity contribution in [1.29, 1.82) is 0 Å². The number of benzene rings is 5. The Hall–Kier alpha value is -2.43. The van der Waals surface area contributed by atoms with Gasteiger partial charge >= 0.3 is 0 Å². The van der Waals surface area contributed by atoms with E-state index in [1.807, 2.05) is 36.4 Å². The Morgan fingerprint density at radius 1 is 0.704 bits per heavy atom. The van der Waals surface area contributed by atoms with E-state index in [4.69, 9.17) is 0 Å². The van der Waals surface area contributed by atoms with Crippen molar-refractivity contribution in [2.45, 2.75) is 0 Å². The van der Waals surface area contributed by atoms with Gasteiger partial charge in [-0.1, -0.05) is 74.3 Å². The molecule has 1 N–H and O–H groups in total. The van der Waals surface area contributed by atoms with Crippen LogP contribution in [-0.2, 0) is 0 Å². The van der Waals surface area contributed by atoms with Gasteiger partial charge in [0.15, 0.2) is 0 Å². The molecule has 0 atom stereocenters. The Balaban J connectivity index is 1.81. The summed E-state index contributed by atoms with van der Waals surface area (Å²) in [6.45, 7) is 0. The number of anilines is 1. The Morgan fingerprint density at radius 3 is 2.07 bits per heavy atom. The summed E-state index contributed by atoms with van der Waals surface area (Å²) in [5.74, 6) is -0.106. The molecule has 0 heterocycles. The lowest BCUT2D eigenvalue weighted by Gasteiger charge is -2.17. The quantitative estimate of drug-likeness (QED) is 0.264. The molecule has 0 radical (unpaired) electrons. The summed E-state index contributed by atoms with van der Waals surface area (Å²) in [6, 6.07) is 23.9. The van der Waals surface area contributed by atoms with Crippen molar-refractivity contribution in [3.05, 3.63) is 87.3 Å². The normalized spacial score (nSPS) is 11.5. The molecule has 0 saturated heterocycles. The fraction of sp³-hybridized carbons (Fsp3) is 0. The number of hydrogen-bond acceptors (Lipinski definition) is 1. The maximum Gasteiger partial charge on any atom is 0.255 e. The van der Waals surface area contributed by atoms with Crippen molar-refractivity contribution < 1.29 is 4.79 Å². The van der Waals surface area contributed by atoms with Gasteiger partial charge in [-0.05, 0) is 51.9 Å². The standard InChI is InChI=1S/C23H13Br2NO/c24-18-10-6-14-12-20(26-23(27)13-4-2-1-3-5-13)17-9-11-19(25)16-8-7-15(18)21(14)22(16)17/h1-12H,(H,26,27). The minimum atomic E-state index is -0.106. The molecule has 0 aliphatic rings. The van der Waals surface area contributed by atoms with Gasteiger partial charge in [-0.2, -0.15) is 0 Å². The predicted molar refractivity (Wildman–Crippen MR) is 120 cm³/mol. The molecule has 0 unspecified atom stereocenters. The topological polar surface area (TPSA) is 29.1 Å². The summed E-state index contributed by atoms with van der Waals surface area (Å²) in [4.78, 5) is 12.7. The lowest BCUT2D eigenvalue weighted by molar-refractivity contribution is 0.102. The maximum absolute atomic E-state index is 12.7. The van der Waals surface area contributed by atoms with E-state index < -0.39 is 0 Å². The highest BCUT2D eigenvalue weighted by atomic mass is 79.9. The zero-order chi connectivity index (χ0) is 18.5. The third kappa shape index (κ3) is 2.63. The van der Waals surface area contributed by atoms with Gasteiger partial charge in [0.25, 0.3) is 5.91 Å². The first kappa shape index (κ1) is 16.7. The predicted octanol–water partition coefficient (Wildman–Crippen LogP) is 7.36. The van der Waals surface area contributed by atoms with Gasteiger partial charge in [0, 0.05) is 31.0 Å². The van der Waals surface area contributed by atoms with Gasteiger partial charge in [-0.3, -0.25) is 4.79 Å². The molecule has 5 rings (SSSR count). The summed E-state index contributed by atoms with van der Waals surface area (Å²) >= 11 is 7.34. The van der Waals surface area contributed by atoms with E-state index in [1.54, 1.807) is 0 Å². The number of hydrogen-bond donors (Lipinski definition) is 1. The van der Waals surface area contributed by atoms with E-state index >= 15 is 0 Å². The summed E-state index contributed by atoms with van der Waals surface area (Å²) in [5, 5.41) is 9.92. The van der Waals surface area contributed by atoms with Crippen LogP contribution in [0.4, 0.5) is 5.69 Å². The van der Waals surface area contributed by atoms with Gasteiger partial charge in [0.2, 0.25) is 0 Å². The van der Waals surface area contributed by atoms with E-state index in [9.17, 15) is 4.79 Å². The Bertz CT molecular complexity index is 1330. The molecule has 27 heavy (non-hydrogen) atoms. The molecule has 5 aromatic rings. The van der Waals surface area contributed by atoms with Crippen LogP contribution in [-0.4, -0.2) is 5.91 Å². The number of halogens is 2. The first-order chi connectivity index (χ1) is 13.1. The van der Waals surface area contributed by atoms with Gasteiger partial charge in [-0.15, -0.1) is 0 Å². The Morgan fingerprint density at radius 2 is 1.33 bits per heavy atom. The summed E-state index contributed by atoms with van der Waals surface area (Å²) < 4.78 is 2.11. The second kappa shape index (κ2) is 6.32.